The van der Waals surface area contributed by atoms with E-state index >= 15 is 0 Å². The molecule has 0 amide bonds. The highest BCUT2D eigenvalue weighted by molar-refractivity contribution is 7.99. The first-order valence-corrected chi connectivity index (χ1v) is 5.14. The molecule has 0 aliphatic heterocycles. The van der Waals surface area contributed by atoms with Gasteiger partial charge in [-0.2, -0.15) is 10.3 Å². The van der Waals surface area contributed by atoms with Gasteiger partial charge in [-0.05, 0) is 5.92 Å². The Morgan fingerprint density at radius 2 is 2.33 bits per heavy atom. The number of H-pyrrole nitrogens is 1. The summed E-state index contributed by atoms with van der Waals surface area (Å²) in [6.07, 6.45) is 2.98. The second-order valence-electron chi connectivity index (χ2n) is 3.02. The zero-order chi connectivity index (χ0) is 8.97. The van der Waals surface area contributed by atoms with Gasteiger partial charge in [0.25, 0.3) is 0 Å². The predicted octanol–water partition coefficient (Wildman–Crippen LogP) is 2.33. The highest BCUT2D eigenvalue weighted by Gasteiger charge is 2.12. The molecule has 12 heavy (non-hydrogen) atoms. The van der Waals surface area contributed by atoms with Gasteiger partial charge in [0.15, 0.2) is 0 Å². The van der Waals surface area contributed by atoms with Gasteiger partial charge in [0.05, 0.1) is 6.20 Å². The van der Waals surface area contributed by atoms with E-state index in [0.29, 0.717) is 5.25 Å². The molecule has 0 bridgehead atoms. The van der Waals surface area contributed by atoms with Crippen LogP contribution in [0.15, 0.2) is 11.2 Å². The second kappa shape index (κ2) is 4.50. The maximum absolute atomic E-state index is 4.00. The number of thioether (sulfide) groups is 1. The normalized spacial score (nSPS) is 15.9. The van der Waals surface area contributed by atoms with Crippen LogP contribution in [-0.4, -0.2) is 20.7 Å². The van der Waals surface area contributed by atoms with Crippen LogP contribution < -0.4 is 0 Å². The number of rotatable bonds is 4. The Morgan fingerprint density at radius 1 is 1.58 bits per heavy atom. The lowest BCUT2D eigenvalue weighted by molar-refractivity contribution is 0.557. The predicted molar refractivity (Wildman–Crippen MR) is 51.2 cm³/mol. The molecule has 1 aromatic rings. The summed E-state index contributed by atoms with van der Waals surface area (Å²) in [7, 11) is 0. The van der Waals surface area contributed by atoms with E-state index in [4.69, 9.17) is 0 Å². The molecule has 1 N–H and O–H groups in total. The third-order valence-electron chi connectivity index (χ3n) is 2.14. The Hall–Kier alpha value is -0.510. The van der Waals surface area contributed by atoms with Crippen molar-refractivity contribution in [2.75, 3.05) is 0 Å². The lowest BCUT2D eigenvalue weighted by Crippen LogP contribution is -2.08. The fourth-order valence-corrected chi connectivity index (χ4v) is 1.90. The molecular formula is C8H15N3S. The Bertz CT molecular complexity index is 210. The first-order valence-electron chi connectivity index (χ1n) is 4.26. The topological polar surface area (TPSA) is 41.6 Å². The van der Waals surface area contributed by atoms with Crippen LogP contribution in [0.4, 0.5) is 0 Å². The van der Waals surface area contributed by atoms with Crippen LogP contribution >= 0.6 is 11.8 Å². The molecule has 0 fully saturated rings. The van der Waals surface area contributed by atoms with Crippen molar-refractivity contribution in [1.82, 2.24) is 15.4 Å². The summed E-state index contributed by atoms with van der Waals surface area (Å²) in [6.45, 7) is 6.70. The molecule has 2 atom stereocenters. The van der Waals surface area contributed by atoms with Gasteiger partial charge in [0.1, 0.15) is 5.03 Å². The van der Waals surface area contributed by atoms with Crippen molar-refractivity contribution in [3.63, 3.8) is 0 Å². The molecular weight excluding hydrogens is 170 g/mol. The lowest BCUT2D eigenvalue weighted by Gasteiger charge is -2.15. The zero-order valence-corrected chi connectivity index (χ0v) is 8.56. The highest BCUT2D eigenvalue weighted by Crippen LogP contribution is 2.26. The average Bonchev–Trinajstić information content (AvgIpc) is 2.55. The van der Waals surface area contributed by atoms with Crippen LogP contribution in [0.25, 0.3) is 0 Å². The van der Waals surface area contributed by atoms with E-state index in [0.717, 1.165) is 10.9 Å². The number of aromatic nitrogens is 3. The molecule has 1 rings (SSSR count). The molecule has 0 spiro atoms. The van der Waals surface area contributed by atoms with Crippen LogP contribution in [0, 0.1) is 5.92 Å². The first-order chi connectivity index (χ1) is 5.74. The van der Waals surface area contributed by atoms with E-state index in [-0.39, 0.29) is 0 Å². The molecule has 68 valence electrons. The van der Waals surface area contributed by atoms with Gasteiger partial charge in [0.2, 0.25) is 0 Å². The molecule has 0 saturated heterocycles. The SMILES string of the molecule is CCC(C)C(C)Sc1cn[nH]n1. The van der Waals surface area contributed by atoms with Crippen molar-refractivity contribution in [3.05, 3.63) is 6.20 Å². The Balaban J connectivity index is 2.41. The van der Waals surface area contributed by atoms with Crippen LogP contribution in [0.5, 0.6) is 0 Å². The molecule has 3 nitrogen and oxygen atoms in total. The van der Waals surface area contributed by atoms with Crippen LogP contribution in [-0.2, 0) is 0 Å². The van der Waals surface area contributed by atoms with Gasteiger partial charge in [-0.25, -0.2) is 0 Å². The van der Waals surface area contributed by atoms with Gasteiger partial charge in [-0.15, -0.1) is 5.10 Å². The molecule has 0 saturated carbocycles. The first kappa shape index (κ1) is 9.58. The minimum absolute atomic E-state index is 0.611. The third-order valence-corrected chi connectivity index (χ3v) is 3.42. The quantitative estimate of drug-likeness (QED) is 0.732. The second-order valence-corrected chi connectivity index (χ2v) is 4.41. The van der Waals surface area contributed by atoms with Crippen LogP contribution in [0.1, 0.15) is 27.2 Å². The monoisotopic (exact) mass is 185 g/mol. The van der Waals surface area contributed by atoms with Crippen molar-refractivity contribution in [1.29, 1.82) is 0 Å². The number of nitrogens with one attached hydrogen (secondary N) is 1. The van der Waals surface area contributed by atoms with E-state index in [1.54, 1.807) is 18.0 Å². The Labute approximate surface area is 77.3 Å². The summed E-state index contributed by atoms with van der Waals surface area (Å²) in [5.41, 5.74) is 0. The van der Waals surface area contributed by atoms with E-state index in [2.05, 4.69) is 36.2 Å². The molecule has 4 heteroatoms. The summed E-state index contributed by atoms with van der Waals surface area (Å²) in [5, 5.41) is 12.0. The van der Waals surface area contributed by atoms with E-state index in [1.165, 1.54) is 6.42 Å². The zero-order valence-electron chi connectivity index (χ0n) is 7.74. The minimum atomic E-state index is 0.611. The molecule has 1 aromatic heterocycles. The van der Waals surface area contributed by atoms with Crippen molar-refractivity contribution >= 4 is 11.8 Å². The van der Waals surface area contributed by atoms with Gasteiger partial charge >= 0.3 is 0 Å². The summed E-state index contributed by atoms with van der Waals surface area (Å²) < 4.78 is 0. The summed E-state index contributed by atoms with van der Waals surface area (Å²) >= 11 is 1.78. The van der Waals surface area contributed by atoms with Crippen molar-refractivity contribution in [3.8, 4) is 0 Å². The standard InChI is InChI=1S/C8H15N3S/c1-4-6(2)7(3)12-8-5-9-11-10-8/h5-7H,4H2,1-3H3,(H,9,10,11). The third kappa shape index (κ3) is 2.52. The number of aromatic amines is 1. The van der Waals surface area contributed by atoms with Gasteiger partial charge in [0, 0.05) is 5.25 Å². The Morgan fingerprint density at radius 3 is 2.83 bits per heavy atom. The maximum Gasteiger partial charge on any atom is 0.138 e. The molecule has 2 unspecified atom stereocenters. The van der Waals surface area contributed by atoms with Crippen LogP contribution in [0.2, 0.25) is 0 Å². The van der Waals surface area contributed by atoms with E-state index in [9.17, 15) is 0 Å². The highest BCUT2D eigenvalue weighted by atomic mass is 32.2. The number of hydrogen-bond donors (Lipinski definition) is 1. The van der Waals surface area contributed by atoms with Crippen LogP contribution in [0.3, 0.4) is 0 Å². The average molecular weight is 185 g/mol. The largest absolute Gasteiger partial charge is 0.197 e. The molecule has 0 radical (unpaired) electrons. The molecule has 1 heterocycles. The van der Waals surface area contributed by atoms with Gasteiger partial charge in [-0.1, -0.05) is 39.0 Å². The van der Waals surface area contributed by atoms with E-state index in [1.807, 2.05) is 0 Å². The molecule has 0 aromatic carbocycles. The lowest BCUT2D eigenvalue weighted by atomic mass is 10.1. The number of hydrogen-bond acceptors (Lipinski definition) is 3. The summed E-state index contributed by atoms with van der Waals surface area (Å²) in [5.74, 6) is 0.728. The fraction of sp³-hybridized carbons (Fsp3) is 0.750. The smallest absolute Gasteiger partial charge is 0.138 e. The van der Waals surface area contributed by atoms with Gasteiger partial charge in [-0.3, -0.25) is 0 Å². The summed E-state index contributed by atoms with van der Waals surface area (Å²) in [4.78, 5) is 0. The van der Waals surface area contributed by atoms with Crippen molar-refractivity contribution in [2.24, 2.45) is 5.92 Å². The molecule has 0 aliphatic rings. The Kier molecular flexibility index (Phi) is 3.59. The van der Waals surface area contributed by atoms with Gasteiger partial charge < -0.3 is 0 Å². The minimum Gasteiger partial charge on any atom is -0.197 e. The number of nitrogens with zero attached hydrogens (tertiary/aromatic N) is 2. The van der Waals surface area contributed by atoms with E-state index < -0.39 is 0 Å². The summed E-state index contributed by atoms with van der Waals surface area (Å²) in [6, 6.07) is 0. The van der Waals surface area contributed by atoms with Crippen molar-refractivity contribution in [2.45, 2.75) is 37.5 Å². The fourth-order valence-electron chi connectivity index (χ4n) is 0.886. The molecule has 0 aliphatic carbocycles. The van der Waals surface area contributed by atoms with Crippen molar-refractivity contribution < 1.29 is 0 Å². The maximum atomic E-state index is 4.00.